The van der Waals surface area contributed by atoms with Gasteiger partial charge in [-0.05, 0) is 44.0 Å². The van der Waals surface area contributed by atoms with Crippen LogP contribution in [0.15, 0.2) is 70.4 Å². The molecule has 0 radical (unpaired) electrons. The Balaban J connectivity index is 1.49. The standard InChI is InChI=1S/C31H35ClFN3O9/c1-31(2,3)45-29(40)34-23(13-19-7-5-4-6-8-19)28(39)43-18-36-27(38)22(33)15-35(30(36)41)26-14-24(25(16-37)44-26)42-17-20-9-11-21(32)12-10-20/h4-12,15,23-26,37H,13-14,16-18H2,1-3H3,(H,34,40)/t23-,24-,25+,26+/m0/s1. The van der Waals surface area contributed by atoms with E-state index in [2.05, 4.69) is 5.32 Å². The molecule has 1 fully saturated rings. The molecule has 0 unspecified atom stereocenters. The number of nitrogens with zero attached hydrogens (tertiary/aromatic N) is 2. The number of nitrogens with one attached hydrogen (secondary N) is 1. The number of amides is 1. The van der Waals surface area contributed by atoms with E-state index in [0.717, 1.165) is 10.1 Å². The maximum atomic E-state index is 14.8. The molecule has 1 amide bonds. The van der Waals surface area contributed by atoms with Crippen LogP contribution in [-0.2, 0) is 43.5 Å². The van der Waals surface area contributed by atoms with E-state index < -0.39 is 72.5 Å². The predicted octanol–water partition coefficient (Wildman–Crippen LogP) is 3.30. The topological polar surface area (TPSA) is 147 Å². The fraction of sp³-hybridized carbons (Fsp3) is 0.419. The summed E-state index contributed by atoms with van der Waals surface area (Å²) in [5.74, 6) is -2.28. The van der Waals surface area contributed by atoms with Gasteiger partial charge in [-0.1, -0.05) is 54.1 Å². The smallest absolute Gasteiger partial charge is 0.408 e. The number of aliphatic hydroxyl groups excluding tert-OH is 1. The van der Waals surface area contributed by atoms with Crippen molar-refractivity contribution in [1.82, 2.24) is 14.5 Å². The molecule has 45 heavy (non-hydrogen) atoms. The quantitative estimate of drug-likeness (QED) is 0.299. The predicted molar refractivity (Wildman–Crippen MR) is 160 cm³/mol. The molecular weight excluding hydrogens is 613 g/mol. The lowest BCUT2D eigenvalue weighted by Crippen LogP contribution is -2.47. The number of hydrogen-bond acceptors (Lipinski definition) is 9. The highest BCUT2D eigenvalue weighted by molar-refractivity contribution is 6.30. The first-order chi connectivity index (χ1) is 21.3. The Morgan fingerprint density at radius 3 is 2.44 bits per heavy atom. The maximum Gasteiger partial charge on any atom is 0.408 e. The number of carbonyl (C=O) groups excluding carboxylic acids is 2. The van der Waals surface area contributed by atoms with Gasteiger partial charge in [0, 0.05) is 17.9 Å². The number of aromatic nitrogens is 2. The van der Waals surface area contributed by atoms with Crippen molar-refractivity contribution in [3.63, 3.8) is 0 Å². The molecule has 1 aliphatic rings. The molecular formula is C31H35ClFN3O9. The summed E-state index contributed by atoms with van der Waals surface area (Å²) in [6.07, 6.45) is -2.72. The molecule has 0 bridgehead atoms. The van der Waals surface area contributed by atoms with E-state index >= 15 is 0 Å². The number of halogens is 2. The van der Waals surface area contributed by atoms with E-state index in [0.29, 0.717) is 21.4 Å². The summed E-state index contributed by atoms with van der Waals surface area (Å²) in [6.45, 7) is 3.75. The van der Waals surface area contributed by atoms with Crippen molar-refractivity contribution in [2.24, 2.45) is 0 Å². The van der Waals surface area contributed by atoms with E-state index in [1.165, 1.54) is 0 Å². The summed E-state index contributed by atoms with van der Waals surface area (Å²) in [5, 5.41) is 12.9. The minimum Gasteiger partial charge on any atom is -0.444 e. The summed E-state index contributed by atoms with van der Waals surface area (Å²) >= 11 is 5.92. The second kappa shape index (κ2) is 14.8. The van der Waals surface area contributed by atoms with Gasteiger partial charge >= 0.3 is 17.8 Å². The monoisotopic (exact) mass is 647 g/mol. The van der Waals surface area contributed by atoms with Crippen LogP contribution in [0, 0.1) is 5.82 Å². The first kappa shape index (κ1) is 33.8. The van der Waals surface area contributed by atoms with Crippen molar-refractivity contribution in [3.8, 4) is 0 Å². The molecule has 0 saturated carbocycles. The number of benzene rings is 2. The summed E-state index contributed by atoms with van der Waals surface area (Å²) in [5.41, 5.74) is -1.69. The summed E-state index contributed by atoms with van der Waals surface area (Å²) in [6, 6.07) is 14.4. The number of hydrogen-bond donors (Lipinski definition) is 2. The van der Waals surface area contributed by atoms with Crippen LogP contribution in [0.4, 0.5) is 9.18 Å². The largest absolute Gasteiger partial charge is 0.444 e. The Morgan fingerprint density at radius 2 is 1.80 bits per heavy atom. The fourth-order valence-electron chi connectivity index (χ4n) is 4.62. The van der Waals surface area contributed by atoms with Crippen LogP contribution < -0.4 is 16.6 Å². The first-order valence-electron chi connectivity index (χ1n) is 14.2. The first-order valence-corrected chi connectivity index (χ1v) is 14.6. The van der Waals surface area contributed by atoms with Gasteiger partial charge in [0.05, 0.1) is 25.5 Å². The molecule has 2 heterocycles. The Hall–Kier alpha value is -4.04. The van der Waals surface area contributed by atoms with Crippen molar-refractivity contribution in [2.75, 3.05) is 6.61 Å². The van der Waals surface area contributed by atoms with Crippen LogP contribution in [0.1, 0.15) is 44.5 Å². The van der Waals surface area contributed by atoms with Crippen molar-refractivity contribution in [3.05, 3.63) is 104 Å². The van der Waals surface area contributed by atoms with Gasteiger partial charge in [-0.25, -0.2) is 19.0 Å². The van der Waals surface area contributed by atoms with Crippen LogP contribution in [0.3, 0.4) is 0 Å². The highest BCUT2D eigenvalue weighted by Crippen LogP contribution is 2.30. The van der Waals surface area contributed by atoms with Gasteiger partial charge in [-0.15, -0.1) is 0 Å². The molecule has 2 aromatic carbocycles. The van der Waals surface area contributed by atoms with Crippen LogP contribution in [-0.4, -0.2) is 56.8 Å². The number of esters is 1. The minimum absolute atomic E-state index is 0.0110. The Morgan fingerprint density at radius 1 is 1.11 bits per heavy atom. The molecule has 3 aromatic rings. The van der Waals surface area contributed by atoms with Crippen molar-refractivity contribution in [2.45, 2.75) is 77.0 Å². The number of alkyl carbamates (subject to hydrolysis) is 1. The average Bonchev–Trinajstić information content (AvgIpc) is 3.40. The maximum absolute atomic E-state index is 14.8. The van der Waals surface area contributed by atoms with Crippen molar-refractivity contribution >= 4 is 23.7 Å². The number of aliphatic hydroxyl groups is 1. The zero-order valence-corrected chi connectivity index (χ0v) is 25.7. The molecule has 4 atom stereocenters. The Kier molecular flexibility index (Phi) is 11.2. The molecule has 14 heteroatoms. The summed E-state index contributed by atoms with van der Waals surface area (Å²) in [7, 11) is 0. The molecule has 2 N–H and O–H groups in total. The third-order valence-corrected chi connectivity index (χ3v) is 7.05. The lowest BCUT2D eigenvalue weighted by molar-refractivity contribution is -0.150. The van der Waals surface area contributed by atoms with Crippen molar-refractivity contribution in [1.29, 1.82) is 0 Å². The van der Waals surface area contributed by atoms with Crippen LogP contribution in [0.5, 0.6) is 0 Å². The average molecular weight is 648 g/mol. The van der Waals surface area contributed by atoms with Gasteiger partial charge in [-0.2, -0.15) is 4.39 Å². The second-order valence-electron chi connectivity index (χ2n) is 11.4. The van der Waals surface area contributed by atoms with Gasteiger partial charge in [-0.3, -0.25) is 9.36 Å². The highest BCUT2D eigenvalue weighted by Gasteiger charge is 2.38. The van der Waals surface area contributed by atoms with Crippen LogP contribution >= 0.6 is 11.6 Å². The van der Waals surface area contributed by atoms with E-state index in [1.807, 2.05) is 0 Å². The third-order valence-electron chi connectivity index (χ3n) is 6.80. The van der Waals surface area contributed by atoms with Crippen molar-refractivity contribution < 1.29 is 38.0 Å². The normalized spacial score (nSPS) is 18.8. The molecule has 1 saturated heterocycles. The van der Waals surface area contributed by atoms with Gasteiger partial charge in [0.2, 0.25) is 5.82 Å². The zero-order chi connectivity index (χ0) is 32.7. The number of rotatable bonds is 11. The number of carbonyl (C=O) groups is 2. The minimum atomic E-state index is -1.32. The van der Waals surface area contributed by atoms with Gasteiger partial charge in [0.1, 0.15) is 24.0 Å². The SMILES string of the molecule is CC(C)(C)OC(=O)N[C@@H](Cc1ccccc1)C(=O)OCn1c(=O)c(F)cn([C@H]2C[C@H](OCc3ccc(Cl)cc3)[C@@H](CO)O2)c1=O. The molecule has 1 aliphatic heterocycles. The lowest BCUT2D eigenvalue weighted by atomic mass is 10.1. The molecule has 242 valence electrons. The van der Waals surface area contributed by atoms with Gasteiger partial charge in [0.25, 0.3) is 5.56 Å². The molecule has 1 aromatic heterocycles. The van der Waals surface area contributed by atoms with E-state index in [9.17, 15) is 28.7 Å². The Bertz CT molecular complexity index is 1590. The van der Waals surface area contributed by atoms with E-state index in [4.69, 9.17) is 30.5 Å². The van der Waals surface area contributed by atoms with Crippen LogP contribution in [0.2, 0.25) is 5.02 Å². The second-order valence-corrected chi connectivity index (χ2v) is 11.8. The van der Waals surface area contributed by atoms with Gasteiger partial charge < -0.3 is 29.4 Å². The summed E-state index contributed by atoms with van der Waals surface area (Å²) < 4.78 is 38.2. The van der Waals surface area contributed by atoms with E-state index in [1.54, 1.807) is 75.4 Å². The lowest BCUT2D eigenvalue weighted by Gasteiger charge is -2.23. The van der Waals surface area contributed by atoms with Crippen LogP contribution in [0.25, 0.3) is 0 Å². The molecule has 4 rings (SSSR count). The highest BCUT2D eigenvalue weighted by atomic mass is 35.5. The Labute approximate surface area is 263 Å². The molecule has 0 spiro atoms. The number of ether oxygens (including phenoxy) is 4. The fourth-order valence-corrected chi connectivity index (χ4v) is 4.75. The van der Waals surface area contributed by atoms with E-state index in [-0.39, 0.29) is 19.4 Å². The summed E-state index contributed by atoms with van der Waals surface area (Å²) in [4.78, 5) is 51.5. The molecule has 12 nitrogen and oxygen atoms in total. The third kappa shape index (κ3) is 9.24. The van der Waals surface area contributed by atoms with Gasteiger partial charge in [0.15, 0.2) is 6.73 Å². The molecule has 0 aliphatic carbocycles. The zero-order valence-electron chi connectivity index (χ0n) is 25.0.